The maximum Gasteiger partial charge on any atom is 0.147 e. The van der Waals surface area contributed by atoms with Gasteiger partial charge < -0.3 is 5.11 Å². The van der Waals surface area contributed by atoms with Crippen molar-refractivity contribution in [3.05, 3.63) is 63.6 Å². The van der Waals surface area contributed by atoms with Crippen LogP contribution in [0.25, 0.3) is 0 Å². The minimum Gasteiger partial charge on any atom is -0.386 e. The number of aliphatic hydroxyl groups excluding tert-OH is 1. The summed E-state index contributed by atoms with van der Waals surface area (Å²) in [5.41, 5.74) is -0.548. The van der Waals surface area contributed by atoms with E-state index in [1.807, 2.05) is 0 Å². The van der Waals surface area contributed by atoms with Crippen LogP contribution in [0.5, 0.6) is 0 Å². The summed E-state index contributed by atoms with van der Waals surface area (Å²) >= 11 is 2.93. The van der Waals surface area contributed by atoms with Crippen molar-refractivity contribution in [3.8, 4) is 0 Å². The number of benzene rings is 1. The lowest BCUT2D eigenvalue weighted by Crippen LogP contribution is -2.09. The highest BCUT2D eigenvalue weighted by Gasteiger charge is 2.20. The molecule has 1 atom stereocenters. The average Bonchev–Trinajstić information content (AvgIpc) is 2.39. The van der Waals surface area contributed by atoms with Crippen molar-refractivity contribution in [1.29, 1.82) is 0 Å². The fourth-order valence-electron chi connectivity index (χ4n) is 1.69. The van der Waals surface area contributed by atoms with E-state index in [2.05, 4.69) is 20.9 Å². The lowest BCUT2D eigenvalue weighted by Gasteiger charge is -2.12. The molecule has 6 heteroatoms. The Bertz CT molecular complexity index is 606. The lowest BCUT2D eigenvalue weighted by atomic mass is 10.0. The summed E-state index contributed by atoms with van der Waals surface area (Å²) in [7, 11) is 0. The Balaban J connectivity index is 2.32. The zero-order chi connectivity index (χ0) is 14.0. The van der Waals surface area contributed by atoms with Crippen molar-refractivity contribution in [1.82, 2.24) is 4.98 Å². The summed E-state index contributed by atoms with van der Waals surface area (Å²) in [6.07, 6.45) is -0.514. The van der Waals surface area contributed by atoms with E-state index in [1.54, 1.807) is 0 Å². The average molecular weight is 332 g/mol. The molecule has 0 aliphatic carbocycles. The summed E-state index contributed by atoms with van der Waals surface area (Å²) in [6.45, 7) is 0. The molecule has 2 rings (SSSR count). The number of hydrogen-bond acceptors (Lipinski definition) is 2. The van der Waals surface area contributed by atoms with Gasteiger partial charge in [0.2, 0.25) is 0 Å². The van der Waals surface area contributed by atoms with Gasteiger partial charge in [-0.2, -0.15) is 0 Å². The van der Waals surface area contributed by atoms with Crippen LogP contribution in [0.2, 0.25) is 0 Å². The maximum absolute atomic E-state index is 13.7. The molecule has 0 aliphatic rings. The number of halogens is 4. The van der Waals surface area contributed by atoms with Gasteiger partial charge >= 0.3 is 0 Å². The third-order valence-electron chi connectivity index (χ3n) is 2.64. The fourth-order valence-corrected chi connectivity index (χ4v) is 2.06. The lowest BCUT2D eigenvalue weighted by molar-refractivity contribution is 0.165. The van der Waals surface area contributed by atoms with Gasteiger partial charge in [-0.05, 0) is 40.2 Å². The van der Waals surface area contributed by atoms with Crippen molar-refractivity contribution in [2.45, 2.75) is 12.5 Å². The van der Waals surface area contributed by atoms with Gasteiger partial charge in [0.15, 0.2) is 0 Å². The predicted molar refractivity (Wildman–Crippen MR) is 66.9 cm³/mol. The van der Waals surface area contributed by atoms with E-state index in [-0.39, 0.29) is 15.7 Å². The second-order valence-corrected chi connectivity index (χ2v) is 4.77. The van der Waals surface area contributed by atoms with Gasteiger partial charge in [-0.1, -0.05) is 0 Å². The van der Waals surface area contributed by atoms with Crippen LogP contribution in [0.15, 0.2) is 34.9 Å². The van der Waals surface area contributed by atoms with Gasteiger partial charge in [-0.25, -0.2) is 13.2 Å². The highest BCUT2D eigenvalue weighted by molar-refractivity contribution is 9.10. The molecule has 0 radical (unpaired) electrons. The van der Waals surface area contributed by atoms with E-state index in [0.29, 0.717) is 0 Å². The molecule has 100 valence electrons. The second-order valence-electron chi connectivity index (χ2n) is 3.91. The van der Waals surface area contributed by atoms with E-state index >= 15 is 0 Å². The Morgan fingerprint density at radius 1 is 1.16 bits per heavy atom. The molecule has 1 aromatic heterocycles. The first-order chi connectivity index (χ1) is 9.00. The molecule has 1 N–H and O–H groups in total. The van der Waals surface area contributed by atoms with Crippen LogP contribution < -0.4 is 0 Å². The van der Waals surface area contributed by atoms with Crippen LogP contribution in [0.4, 0.5) is 13.2 Å². The summed E-state index contributed by atoms with van der Waals surface area (Å²) in [5, 5.41) is 9.84. The number of aromatic nitrogens is 1. The fraction of sp³-hybridized carbons (Fsp3) is 0.154. The molecule has 2 nitrogen and oxygen atoms in total. The van der Waals surface area contributed by atoms with Crippen molar-refractivity contribution in [3.63, 3.8) is 0 Å². The smallest absolute Gasteiger partial charge is 0.147 e. The molecule has 0 saturated carbocycles. The zero-order valence-corrected chi connectivity index (χ0v) is 11.2. The molecule has 0 fully saturated rings. The minimum absolute atomic E-state index is 0.0811. The first-order valence-electron chi connectivity index (χ1n) is 5.41. The molecule has 0 amide bonds. The third-order valence-corrected chi connectivity index (χ3v) is 3.25. The van der Waals surface area contributed by atoms with Crippen LogP contribution in [-0.4, -0.2) is 10.1 Å². The highest BCUT2D eigenvalue weighted by atomic mass is 79.9. The molecule has 1 aromatic carbocycles. The second kappa shape index (κ2) is 5.71. The highest BCUT2D eigenvalue weighted by Crippen LogP contribution is 2.26. The van der Waals surface area contributed by atoms with Crippen LogP contribution in [0.1, 0.15) is 17.4 Å². The van der Waals surface area contributed by atoms with Crippen molar-refractivity contribution >= 4 is 15.9 Å². The first kappa shape index (κ1) is 14.0. The molecule has 0 spiro atoms. The summed E-state index contributed by atoms with van der Waals surface area (Å²) in [6, 6.07) is 4.79. The monoisotopic (exact) mass is 331 g/mol. The summed E-state index contributed by atoms with van der Waals surface area (Å²) < 4.78 is 40.7. The largest absolute Gasteiger partial charge is 0.386 e. The van der Waals surface area contributed by atoms with Crippen molar-refractivity contribution < 1.29 is 18.3 Å². The molecule has 19 heavy (non-hydrogen) atoms. The Kier molecular flexibility index (Phi) is 4.21. The molecule has 0 saturated heterocycles. The van der Waals surface area contributed by atoms with Crippen molar-refractivity contribution in [2.75, 3.05) is 0 Å². The van der Waals surface area contributed by atoms with Crippen LogP contribution in [0.3, 0.4) is 0 Å². The number of hydrogen-bond donors (Lipinski definition) is 1. The van der Waals surface area contributed by atoms with E-state index in [0.717, 1.165) is 12.1 Å². The Morgan fingerprint density at radius 2 is 1.89 bits per heavy atom. The van der Waals surface area contributed by atoms with Gasteiger partial charge in [-0.3, -0.25) is 4.98 Å². The van der Waals surface area contributed by atoms with E-state index in [4.69, 9.17) is 0 Å². The van der Waals surface area contributed by atoms with E-state index in [9.17, 15) is 18.3 Å². The quantitative estimate of drug-likeness (QED) is 0.873. The molecule has 2 aromatic rings. The van der Waals surface area contributed by atoms with Gasteiger partial charge in [0.1, 0.15) is 29.2 Å². The number of rotatable bonds is 3. The molecular formula is C13H9BrF3NO. The molecule has 0 aliphatic heterocycles. The van der Waals surface area contributed by atoms with Gasteiger partial charge in [0.05, 0.1) is 4.47 Å². The number of aliphatic hydroxyl groups is 1. The normalized spacial score (nSPS) is 12.5. The predicted octanol–water partition coefficient (Wildman–Crippen LogP) is 3.54. The molecule has 0 bridgehead atoms. The van der Waals surface area contributed by atoms with Crippen LogP contribution >= 0.6 is 15.9 Å². The number of nitrogens with zero attached hydrogens (tertiary/aromatic N) is 1. The number of pyridine rings is 1. The van der Waals surface area contributed by atoms with Gasteiger partial charge in [0.25, 0.3) is 0 Å². The maximum atomic E-state index is 13.7. The van der Waals surface area contributed by atoms with E-state index < -0.39 is 30.0 Å². The van der Waals surface area contributed by atoms with Crippen molar-refractivity contribution in [2.24, 2.45) is 0 Å². The SMILES string of the molecule is OC(Cc1c(F)ccc(Br)c1F)c1ncccc1F. The first-order valence-corrected chi connectivity index (χ1v) is 6.21. The third kappa shape index (κ3) is 2.96. The van der Waals surface area contributed by atoms with Crippen LogP contribution in [0, 0.1) is 17.5 Å². The Hall–Kier alpha value is -1.40. The Morgan fingerprint density at radius 3 is 2.58 bits per heavy atom. The van der Waals surface area contributed by atoms with Gasteiger partial charge in [0, 0.05) is 18.2 Å². The summed E-state index contributed by atoms with van der Waals surface area (Å²) in [4.78, 5) is 3.67. The zero-order valence-electron chi connectivity index (χ0n) is 9.58. The molecular weight excluding hydrogens is 323 g/mol. The minimum atomic E-state index is -1.42. The van der Waals surface area contributed by atoms with Crippen LogP contribution in [-0.2, 0) is 6.42 Å². The standard InChI is InChI=1S/C13H9BrF3NO/c14-8-3-4-9(15)7(12(8)17)6-11(19)13-10(16)2-1-5-18-13/h1-5,11,19H,6H2. The van der Waals surface area contributed by atoms with E-state index in [1.165, 1.54) is 18.3 Å². The Labute approximate surface area is 116 Å². The topological polar surface area (TPSA) is 33.1 Å². The van der Waals surface area contributed by atoms with Gasteiger partial charge in [-0.15, -0.1) is 0 Å². The molecule has 1 unspecified atom stereocenters. The summed E-state index contributed by atoms with van der Waals surface area (Å²) in [5.74, 6) is -2.32. The molecule has 1 heterocycles.